The zero-order chi connectivity index (χ0) is 19.0. The maximum atomic E-state index is 12.7. The second-order valence-electron chi connectivity index (χ2n) is 6.43. The molecule has 5 nitrogen and oxygen atoms in total. The molecule has 27 heavy (non-hydrogen) atoms. The first kappa shape index (κ1) is 17.9. The van der Waals surface area contributed by atoms with Crippen LogP contribution >= 0.6 is 11.6 Å². The van der Waals surface area contributed by atoms with E-state index in [-0.39, 0.29) is 11.5 Å². The van der Waals surface area contributed by atoms with Gasteiger partial charge in [0.05, 0.1) is 5.69 Å². The second kappa shape index (κ2) is 6.92. The Balaban J connectivity index is 1.54. The van der Waals surface area contributed by atoms with E-state index in [1.165, 1.54) is 10.1 Å². The highest BCUT2D eigenvalue weighted by molar-refractivity contribution is 6.36. The zero-order valence-electron chi connectivity index (χ0n) is 14.3. The smallest absolute Gasteiger partial charge is 0.368 e. The first-order chi connectivity index (χ1) is 12.9. The molecule has 142 valence electrons. The number of para-hydroxylation sites is 1. The van der Waals surface area contributed by atoms with Crippen LogP contribution in [0.4, 0.5) is 24.5 Å². The van der Waals surface area contributed by atoms with Crippen molar-refractivity contribution in [2.75, 3.05) is 36.0 Å². The average molecular weight is 396 g/mol. The van der Waals surface area contributed by atoms with E-state index in [1.807, 2.05) is 18.2 Å². The summed E-state index contributed by atoms with van der Waals surface area (Å²) in [4.78, 5) is 4.42. The zero-order valence-corrected chi connectivity index (χ0v) is 15.1. The number of anilines is 2. The molecular weight excluding hydrogens is 379 g/mol. The Morgan fingerprint density at radius 1 is 0.926 bits per heavy atom. The van der Waals surface area contributed by atoms with Gasteiger partial charge in [0.25, 0.3) is 0 Å². The number of rotatable bonds is 3. The fourth-order valence-electron chi connectivity index (χ4n) is 3.35. The number of hydrogen-bond acceptors (Lipinski definition) is 4. The van der Waals surface area contributed by atoms with Gasteiger partial charge in [0.2, 0.25) is 0 Å². The Hall–Kier alpha value is -2.48. The maximum Gasteiger partial charge on any atom is 0.396 e. The van der Waals surface area contributed by atoms with Crippen LogP contribution in [-0.4, -0.2) is 47.0 Å². The molecule has 0 saturated carbocycles. The summed E-state index contributed by atoms with van der Waals surface area (Å²) in [5.74, 6) is -0.167. The van der Waals surface area contributed by atoms with Crippen molar-refractivity contribution in [3.05, 3.63) is 53.4 Å². The number of aromatic nitrogens is 3. The molecule has 0 aliphatic carbocycles. The molecule has 3 aromatic rings. The molecule has 2 aromatic heterocycles. The number of hydrogen-bond donors (Lipinski definition) is 0. The molecule has 3 heterocycles. The third-order valence-electron chi connectivity index (χ3n) is 4.67. The van der Waals surface area contributed by atoms with Gasteiger partial charge in [0, 0.05) is 38.1 Å². The van der Waals surface area contributed by atoms with E-state index in [2.05, 4.69) is 32.1 Å². The number of nitrogens with zero attached hydrogens (tertiary/aromatic N) is 5. The van der Waals surface area contributed by atoms with Gasteiger partial charge in [0.15, 0.2) is 5.65 Å². The number of benzene rings is 1. The van der Waals surface area contributed by atoms with Gasteiger partial charge in [-0.05, 0) is 18.2 Å². The number of pyridine rings is 1. The molecule has 1 fully saturated rings. The molecular formula is C18H17ClF3N5. The van der Waals surface area contributed by atoms with Crippen molar-refractivity contribution in [2.45, 2.75) is 12.6 Å². The van der Waals surface area contributed by atoms with Crippen molar-refractivity contribution in [2.24, 2.45) is 0 Å². The van der Waals surface area contributed by atoms with E-state index < -0.39 is 12.6 Å². The summed E-state index contributed by atoms with van der Waals surface area (Å²) in [6.45, 7) is 3.18. The van der Waals surface area contributed by atoms with Crippen LogP contribution in [0, 0.1) is 0 Å². The van der Waals surface area contributed by atoms with E-state index in [0.29, 0.717) is 5.02 Å². The van der Waals surface area contributed by atoms with Crippen molar-refractivity contribution in [3.63, 3.8) is 0 Å². The highest BCUT2D eigenvalue weighted by atomic mass is 35.5. The Bertz CT molecular complexity index is 933. The lowest BCUT2D eigenvalue weighted by Crippen LogP contribution is -2.46. The average Bonchev–Trinajstić information content (AvgIpc) is 3.05. The Morgan fingerprint density at radius 3 is 2.26 bits per heavy atom. The number of halogens is 4. The fourth-order valence-corrected chi connectivity index (χ4v) is 3.66. The number of piperazine rings is 1. The first-order valence-electron chi connectivity index (χ1n) is 8.56. The minimum Gasteiger partial charge on any atom is -0.368 e. The molecule has 9 heteroatoms. The van der Waals surface area contributed by atoms with Crippen molar-refractivity contribution < 1.29 is 13.2 Å². The Kier molecular flexibility index (Phi) is 4.59. The first-order valence-corrected chi connectivity index (χ1v) is 8.94. The van der Waals surface area contributed by atoms with Crippen molar-refractivity contribution >= 4 is 28.6 Å². The Morgan fingerprint density at radius 2 is 1.59 bits per heavy atom. The lowest BCUT2D eigenvalue weighted by molar-refractivity contribution is -0.128. The summed E-state index contributed by atoms with van der Waals surface area (Å²) in [6, 6.07) is 11.9. The van der Waals surface area contributed by atoms with E-state index in [1.54, 1.807) is 12.3 Å². The molecule has 0 N–H and O–H groups in total. The SMILES string of the molecule is FC(F)(F)Cc1nnc2c(Cl)c(N3CCN(c4ccccc4)CC3)ccn12. The summed E-state index contributed by atoms with van der Waals surface area (Å²) in [5, 5.41) is 7.85. The monoisotopic (exact) mass is 395 g/mol. The summed E-state index contributed by atoms with van der Waals surface area (Å²) in [7, 11) is 0. The molecule has 0 spiro atoms. The summed E-state index contributed by atoms with van der Waals surface area (Å²) in [5.41, 5.74) is 2.19. The molecule has 1 aromatic carbocycles. The van der Waals surface area contributed by atoms with Gasteiger partial charge in [-0.3, -0.25) is 4.40 Å². The van der Waals surface area contributed by atoms with E-state index >= 15 is 0 Å². The number of alkyl halides is 3. The quantitative estimate of drug-likeness (QED) is 0.675. The normalized spacial score (nSPS) is 15.6. The molecule has 0 radical (unpaired) electrons. The second-order valence-corrected chi connectivity index (χ2v) is 6.80. The highest BCUT2D eigenvalue weighted by Crippen LogP contribution is 2.31. The van der Waals surface area contributed by atoms with Crippen LogP contribution < -0.4 is 9.80 Å². The van der Waals surface area contributed by atoms with Gasteiger partial charge in [0.1, 0.15) is 17.3 Å². The third kappa shape index (κ3) is 3.66. The van der Waals surface area contributed by atoms with Crippen LogP contribution in [0.1, 0.15) is 5.82 Å². The molecule has 0 unspecified atom stereocenters. The standard InChI is InChI=1S/C18H17ClF3N5/c19-16-14(6-7-27-15(12-18(20,21)22)23-24-17(16)27)26-10-8-25(9-11-26)13-4-2-1-3-5-13/h1-7H,8-12H2. The van der Waals surface area contributed by atoms with Crippen molar-refractivity contribution in [1.29, 1.82) is 0 Å². The van der Waals surface area contributed by atoms with E-state index in [9.17, 15) is 13.2 Å². The lowest BCUT2D eigenvalue weighted by atomic mass is 10.2. The topological polar surface area (TPSA) is 36.7 Å². The van der Waals surface area contributed by atoms with Crippen molar-refractivity contribution in [3.8, 4) is 0 Å². The summed E-state index contributed by atoms with van der Waals surface area (Å²) >= 11 is 6.45. The van der Waals surface area contributed by atoms with E-state index in [4.69, 9.17) is 11.6 Å². The molecule has 0 atom stereocenters. The molecule has 1 aliphatic rings. The highest BCUT2D eigenvalue weighted by Gasteiger charge is 2.31. The predicted molar refractivity (Wildman–Crippen MR) is 98.6 cm³/mol. The van der Waals surface area contributed by atoms with Gasteiger partial charge in [-0.1, -0.05) is 29.8 Å². The molecule has 1 aliphatic heterocycles. The van der Waals surface area contributed by atoms with Gasteiger partial charge < -0.3 is 9.80 Å². The molecule has 4 rings (SSSR count). The van der Waals surface area contributed by atoms with Crippen LogP contribution in [-0.2, 0) is 6.42 Å². The van der Waals surface area contributed by atoms with E-state index in [0.717, 1.165) is 31.9 Å². The van der Waals surface area contributed by atoms with Gasteiger partial charge in [-0.15, -0.1) is 10.2 Å². The minimum atomic E-state index is -4.35. The van der Waals surface area contributed by atoms with Gasteiger partial charge in [-0.2, -0.15) is 13.2 Å². The third-order valence-corrected chi connectivity index (χ3v) is 5.03. The van der Waals surface area contributed by atoms with Gasteiger partial charge >= 0.3 is 6.18 Å². The van der Waals surface area contributed by atoms with Crippen LogP contribution in [0.25, 0.3) is 5.65 Å². The predicted octanol–water partition coefficient (Wildman–Crippen LogP) is 3.81. The summed E-state index contributed by atoms with van der Waals surface area (Å²) < 4.78 is 39.3. The Labute approximate surface area is 159 Å². The number of fused-ring (bicyclic) bond motifs is 1. The van der Waals surface area contributed by atoms with Crippen molar-refractivity contribution in [1.82, 2.24) is 14.6 Å². The maximum absolute atomic E-state index is 12.7. The van der Waals surface area contributed by atoms with Crippen LogP contribution in [0.2, 0.25) is 5.02 Å². The van der Waals surface area contributed by atoms with Crippen LogP contribution in [0.15, 0.2) is 42.6 Å². The largest absolute Gasteiger partial charge is 0.396 e. The van der Waals surface area contributed by atoms with Gasteiger partial charge in [-0.25, -0.2) is 0 Å². The molecule has 1 saturated heterocycles. The van der Waals surface area contributed by atoms with Crippen LogP contribution in [0.3, 0.4) is 0 Å². The molecule has 0 amide bonds. The van der Waals surface area contributed by atoms with Crippen LogP contribution in [0.5, 0.6) is 0 Å². The summed E-state index contributed by atoms with van der Waals surface area (Å²) in [6.07, 6.45) is -3.93. The lowest BCUT2D eigenvalue weighted by Gasteiger charge is -2.37. The minimum absolute atomic E-state index is 0.167. The fraction of sp³-hybridized carbons (Fsp3) is 0.333. The molecule has 0 bridgehead atoms.